The number of allylic oxidation sites excluding steroid dienone is 2. The van der Waals surface area contributed by atoms with Crippen LogP contribution in [0.2, 0.25) is 0 Å². The largest absolute Gasteiger partial charge is 0.383 e. The van der Waals surface area contributed by atoms with E-state index in [1.807, 2.05) is 6.20 Å². The molecule has 1 aromatic carbocycles. The van der Waals surface area contributed by atoms with Crippen molar-refractivity contribution in [2.45, 2.75) is 12.0 Å². The second kappa shape index (κ2) is 3.43. The molecule has 0 amide bonds. The maximum absolute atomic E-state index is 3.36. The quantitative estimate of drug-likeness (QED) is 0.669. The van der Waals surface area contributed by atoms with Gasteiger partial charge in [0.1, 0.15) is 0 Å². The van der Waals surface area contributed by atoms with Gasteiger partial charge in [0.05, 0.1) is 6.04 Å². The molecule has 2 aliphatic rings. The highest BCUT2D eigenvalue weighted by Gasteiger charge is 2.22. The average molecular weight is 194 g/mol. The Morgan fingerprint density at radius 2 is 1.93 bits per heavy atom. The molecular weight excluding hydrogens is 182 g/mol. The van der Waals surface area contributed by atoms with Crippen LogP contribution in [-0.2, 0) is 0 Å². The molecule has 0 aromatic heterocycles. The van der Waals surface area contributed by atoms with Crippen molar-refractivity contribution in [1.29, 1.82) is 0 Å². The standard InChI is InChI=1S/C14H12N/c1-2-6-12-11(5-1)9-10-15-14-8-4-3-7-13(12)14/h1-8,10,13-15H. The van der Waals surface area contributed by atoms with Gasteiger partial charge < -0.3 is 5.32 Å². The maximum Gasteiger partial charge on any atom is 0.0545 e. The van der Waals surface area contributed by atoms with Crippen LogP contribution in [0.3, 0.4) is 0 Å². The molecule has 1 nitrogen and oxygen atoms in total. The fourth-order valence-electron chi connectivity index (χ4n) is 2.20. The summed E-state index contributed by atoms with van der Waals surface area (Å²) in [5.41, 5.74) is 2.54. The molecular formula is C14H12N. The van der Waals surface area contributed by atoms with Gasteiger partial charge in [0.15, 0.2) is 0 Å². The predicted molar refractivity (Wildman–Crippen MR) is 61.3 cm³/mol. The number of fused-ring (bicyclic) bond motifs is 3. The summed E-state index contributed by atoms with van der Waals surface area (Å²) in [4.78, 5) is 0. The lowest BCUT2D eigenvalue weighted by atomic mass is 9.86. The Morgan fingerprint density at radius 1 is 1.07 bits per heavy atom. The molecule has 0 fully saturated rings. The lowest BCUT2D eigenvalue weighted by Gasteiger charge is -2.23. The van der Waals surface area contributed by atoms with Crippen molar-refractivity contribution in [2.75, 3.05) is 0 Å². The van der Waals surface area contributed by atoms with Gasteiger partial charge in [0.25, 0.3) is 0 Å². The first-order valence-corrected chi connectivity index (χ1v) is 5.23. The van der Waals surface area contributed by atoms with Crippen molar-refractivity contribution in [3.8, 4) is 0 Å². The van der Waals surface area contributed by atoms with Crippen LogP contribution in [0.15, 0.2) is 54.8 Å². The zero-order valence-electron chi connectivity index (χ0n) is 8.35. The van der Waals surface area contributed by atoms with E-state index in [-0.39, 0.29) is 0 Å². The van der Waals surface area contributed by atoms with Gasteiger partial charge in [-0.2, -0.15) is 0 Å². The summed E-state index contributed by atoms with van der Waals surface area (Å²) in [5.74, 6) is 0.428. The molecule has 73 valence electrons. The normalized spacial score (nSPS) is 26.4. The molecule has 1 N–H and O–H groups in total. The number of rotatable bonds is 0. The van der Waals surface area contributed by atoms with E-state index in [1.54, 1.807) is 0 Å². The fourth-order valence-corrected chi connectivity index (χ4v) is 2.20. The Kier molecular flexibility index (Phi) is 1.95. The monoisotopic (exact) mass is 194 g/mol. The Bertz CT molecular complexity index is 454. The summed E-state index contributed by atoms with van der Waals surface area (Å²) in [6.07, 6.45) is 13.9. The summed E-state index contributed by atoms with van der Waals surface area (Å²) in [6, 6.07) is 8.82. The minimum absolute atomic E-state index is 0.367. The third-order valence-corrected chi connectivity index (χ3v) is 2.96. The minimum atomic E-state index is 0.367. The van der Waals surface area contributed by atoms with Crippen molar-refractivity contribution >= 4 is 0 Å². The van der Waals surface area contributed by atoms with Crippen molar-refractivity contribution < 1.29 is 0 Å². The molecule has 2 atom stereocenters. The van der Waals surface area contributed by atoms with Crippen molar-refractivity contribution in [2.24, 2.45) is 0 Å². The van der Waals surface area contributed by atoms with Crippen molar-refractivity contribution in [3.05, 3.63) is 72.0 Å². The van der Waals surface area contributed by atoms with Gasteiger partial charge in [0, 0.05) is 18.2 Å². The first-order chi connectivity index (χ1) is 7.45. The Hall–Kier alpha value is -1.76. The topological polar surface area (TPSA) is 12.0 Å². The second-order valence-electron chi connectivity index (χ2n) is 3.86. The van der Waals surface area contributed by atoms with E-state index in [1.165, 1.54) is 11.1 Å². The van der Waals surface area contributed by atoms with Gasteiger partial charge in [-0.3, -0.25) is 0 Å². The van der Waals surface area contributed by atoms with Gasteiger partial charge in [-0.1, -0.05) is 48.6 Å². The summed E-state index contributed by atoms with van der Waals surface area (Å²) in [6.45, 7) is 0. The summed E-state index contributed by atoms with van der Waals surface area (Å²) >= 11 is 0. The van der Waals surface area contributed by atoms with Crippen LogP contribution in [0.5, 0.6) is 0 Å². The van der Waals surface area contributed by atoms with Crippen LogP contribution in [-0.4, -0.2) is 6.04 Å². The Labute approximate surface area is 89.8 Å². The highest BCUT2D eigenvalue weighted by molar-refractivity contribution is 5.42. The van der Waals surface area contributed by atoms with Gasteiger partial charge in [-0.15, -0.1) is 0 Å². The Balaban J connectivity index is 2.13. The lowest BCUT2D eigenvalue weighted by Crippen LogP contribution is -2.28. The van der Waals surface area contributed by atoms with E-state index in [4.69, 9.17) is 0 Å². The molecule has 15 heavy (non-hydrogen) atoms. The highest BCUT2D eigenvalue weighted by Crippen LogP contribution is 2.29. The Morgan fingerprint density at radius 3 is 2.93 bits per heavy atom. The van der Waals surface area contributed by atoms with Gasteiger partial charge >= 0.3 is 0 Å². The predicted octanol–water partition coefficient (Wildman–Crippen LogP) is 2.53. The van der Waals surface area contributed by atoms with E-state index >= 15 is 0 Å². The van der Waals surface area contributed by atoms with E-state index in [9.17, 15) is 0 Å². The third kappa shape index (κ3) is 1.40. The highest BCUT2D eigenvalue weighted by atomic mass is 14.9. The molecule has 0 saturated heterocycles. The van der Waals surface area contributed by atoms with Crippen molar-refractivity contribution in [1.82, 2.24) is 5.32 Å². The third-order valence-electron chi connectivity index (χ3n) is 2.96. The number of hydrogen-bond donors (Lipinski definition) is 1. The second-order valence-corrected chi connectivity index (χ2v) is 3.86. The van der Waals surface area contributed by atoms with Crippen LogP contribution < -0.4 is 5.32 Å². The molecule has 2 unspecified atom stereocenters. The molecule has 1 heteroatoms. The van der Waals surface area contributed by atoms with E-state index in [0.717, 1.165) is 0 Å². The molecule has 1 radical (unpaired) electrons. The molecule has 1 aliphatic carbocycles. The van der Waals surface area contributed by atoms with Crippen LogP contribution >= 0.6 is 0 Å². The zero-order chi connectivity index (χ0) is 10.1. The molecule has 0 bridgehead atoms. The fraction of sp³-hybridized carbons (Fsp3) is 0.143. The maximum atomic E-state index is 3.36. The van der Waals surface area contributed by atoms with Crippen LogP contribution in [0.1, 0.15) is 17.0 Å². The van der Waals surface area contributed by atoms with Crippen LogP contribution in [0.4, 0.5) is 0 Å². The number of hydrogen-bond acceptors (Lipinski definition) is 1. The van der Waals surface area contributed by atoms with Gasteiger partial charge in [0.2, 0.25) is 0 Å². The van der Waals surface area contributed by atoms with Crippen LogP contribution in [0, 0.1) is 6.08 Å². The van der Waals surface area contributed by atoms with E-state index in [0.29, 0.717) is 12.0 Å². The molecule has 1 aromatic rings. The number of nitrogens with one attached hydrogen (secondary N) is 1. The number of benzene rings is 1. The molecule has 3 rings (SSSR count). The smallest absolute Gasteiger partial charge is 0.0545 e. The SMILES string of the molecule is [C]1=CNC2C=CC=CC2c2ccccc21. The zero-order valence-corrected chi connectivity index (χ0v) is 8.35. The minimum Gasteiger partial charge on any atom is -0.383 e. The summed E-state index contributed by atoms with van der Waals surface area (Å²) in [7, 11) is 0. The average Bonchev–Trinajstić information content (AvgIpc) is 2.48. The first-order valence-electron chi connectivity index (χ1n) is 5.23. The molecule has 0 spiro atoms. The lowest BCUT2D eigenvalue weighted by molar-refractivity contribution is 0.633. The van der Waals surface area contributed by atoms with Gasteiger partial charge in [-0.25, -0.2) is 0 Å². The van der Waals surface area contributed by atoms with E-state index in [2.05, 4.69) is 60.0 Å². The summed E-state index contributed by atoms with van der Waals surface area (Å²) in [5, 5.41) is 3.36. The first kappa shape index (κ1) is 8.54. The molecule has 1 aliphatic heterocycles. The van der Waals surface area contributed by atoms with Crippen molar-refractivity contribution in [3.63, 3.8) is 0 Å². The summed E-state index contributed by atoms with van der Waals surface area (Å²) < 4.78 is 0. The van der Waals surface area contributed by atoms with Gasteiger partial charge in [-0.05, 0) is 11.1 Å². The van der Waals surface area contributed by atoms with Crippen LogP contribution in [0.25, 0.3) is 0 Å². The van der Waals surface area contributed by atoms with E-state index < -0.39 is 0 Å². The molecule has 1 heterocycles. The molecule has 0 saturated carbocycles.